The highest BCUT2D eigenvalue weighted by Gasteiger charge is 2.36. The van der Waals surface area contributed by atoms with E-state index < -0.39 is 5.92 Å². The highest BCUT2D eigenvalue weighted by molar-refractivity contribution is 7.14. The van der Waals surface area contributed by atoms with Crippen LogP contribution in [0.4, 0.5) is 10.8 Å². The number of anilines is 2. The molecule has 1 aromatic heterocycles. The summed E-state index contributed by atoms with van der Waals surface area (Å²) >= 11 is 7.54. The molecule has 2 amide bonds. The summed E-state index contributed by atoms with van der Waals surface area (Å²) in [5, 5.41) is 5.75. The Morgan fingerprint density at radius 2 is 2.03 bits per heavy atom. The van der Waals surface area contributed by atoms with Gasteiger partial charge >= 0.3 is 0 Å². The molecular weight excluding hydrogens is 426 g/mol. The van der Waals surface area contributed by atoms with Crippen molar-refractivity contribution >= 4 is 45.6 Å². The lowest BCUT2D eigenvalue weighted by Crippen LogP contribution is -2.28. The number of rotatable bonds is 4. The molecule has 3 heterocycles. The Hall–Kier alpha value is -3.10. The van der Waals surface area contributed by atoms with Gasteiger partial charge in [0.15, 0.2) is 16.6 Å². The van der Waals surface area contributed by atoms with Gasteiger partial charge < -0.3 is 19.7 Å². The van der Waals surface area contributed by atoms with E-state index >= 15 is 0 Å². The van der Waals surface area contributed by atoms with E-state index in [0.717, 1.165) is 5.56 Å². The molecule has 0 radical (unpaired) electrons. The maximum atomic E-state index is 12.7. The Morgan fingerprint density at radius 1 is 1.20 bits per heavy atom. The molecule has 1 N–H and O–H groups in total. The van der Waals surface area contributed by atoms with Crippen LogP contribution in [0.25, 0.3) is 11.3 Å². The number of hydrogen-bond donors (Lipinski definition) is 1. The van der Waals surface area contributed by atoms with Crippen LogP contribution in [0.1, 0.15) is 6.42 Å². The van der Waals surface area contributed by atoms with Crippen LogP contribution >= 0.6 is 22.9 Å². The summed E-state index contributed by atoms with van der Waals surface area (Å²) in [4.78, 5) is 31.3. The van der Waals surface area contributed by atoms with E-state index in [9.17, 15) is 9.59 Å². The fraction of sp³-hybridized carbons (Fsp3) is 0.190. The van der Waals surface area contributed by atoms with Gasteiger partial charge in [0.1, 0.15) is 0 Å². The van der Waals surface area contributed by atoms with Gasteiger partial charge in [-0.25, -0.2) is 4.98 Å². The molecular formula is C21H16ClN3O4S. The molecule has 1 atom stereocenters. The van der Waals surface area contributed by atoms with Crippen LogP contribution in [0.5, 0.6) is 11.5 Å². The lowest BCUT2D eigenvalue weighted by atomic mass is 10.1. The molecule has 0 aliphatic carbocycles. The molecule has 152 valence electrons. The quantitative estimate of drug-likeness (QED) is 0.656. The average Bonchev–Trinajstić information content (AvgIpc) is 3.47. The van der Waals surface area contributed by atoms with Crippen molar-refractivity contribution in [2.24, 2.45) is 5.92 Å². The van der Waals surface area contributed by atoms with Crippen LogP contribution in [-0.4, -0.2) is 30.1 Å². The summed E-state index contributed by atoms with van der Waals surface area (Å²) in [6, 6.07) is 12.7. The van der Waals surface area contributed by atoms with Gasteiger partial charge in [0.25, 0.3) is 0 Å². The van der Waals surface area contributed by atoms with Crippen LogP contribution in [0.2, 0.25) is 5.02 Å². The lowest BCUT2D eigenvalue weighted by molar-refractivity contribution is -0.122. The van der Waals surface area contributed by atoms with Crippen LogP contribution in [0.3, 0.4) is 0 Å². The first-order chi connectivity index (χ1) is 14.6. The molecule has 2 aromatic carbocycles. The van der Waals surface area contributed by atoms with E-state index in [-0.39, 0.29) is 25.0 Å². The molecule has 2 aliphatic heterocycles. The largest absolute Gasteiger partial charge is 0.454 e. The summed E-state index contributed by atoms with van der Waals surface area (Å²) in [6.45, 7) is 0.467. The first-order valence-corrected chi connectivity index (χ1v) is 10.6. The van der Waals surface area contributed by atoms with Crippen LogP contribution in [0.15, 0.2) is 47.8 Å². The third-order valence-corrected chi connectivity index (χ3v) is 6.14. The molecule has 5 rings (SSSR count). The van der Waals surface area contributed by atoms with Gasteiger partial charge in [-0.3, -0.25) is 9.59 Å². The molecule has 0 spiro atoms. The number of amides is 2. The second-order valence-corrected chi connectivity index (χ2v) is 8.22. The lowest BCUT2D eigenvalue weighted by Gasteiger charge is -2.17. The maximum Gasteiger partial charge on any atom is 0.231 e. The van der Waals surface area contributed by atoms with Crippen molar-refractivity contribution in [3.8, 4) is 22.8 Å². The Bertz CT molecular complexity index is 1150. The van der Waals surface area contributed by atoms with Gasteiger partial charge in [-0.15, -0.1) is 11.3 Å². The number of carbonyl (C=O) groups is 2. The molecule has 2 aliphatic rings. The van der Waals surface area contributed by atoms with Crippen molar-refractivity contribution in [1.82, 2.24) is 4.98 Å². The topological polar surface area (TPSA) is 80.8 Å². The second-order valence-electron chi connectivity index (χ2n) is 6.95. The number of benzene rings is 2. The van der Waals surface area contributed by atoms with E-state index in [1.807, 2.05) is 23.6 Å². The summed E-state index contributed by atoms with van der Waals surface area (Å²) in [7, 11) is 0. The summed E-state index contributed by atoms with van der Waals surface area (Å²) < 4.78 is 10.7. The van der Waals surface area contributed by atoms with E-state index in [1.54, 1.807) is 29.2 Å². The zero-order chi connectivity index (χ0) is 20.7. The second kappa shape index (κ2) is 7.62. The molecule has 30 heavy (non-hydrogen) atoms. The van der Waals surface area contributed by atoms with Gasteiger partial charge in [-0.1, -0.05) is 29.8 Å². The predicted octanol–water partition coefficient (Wildman–Crippen LogP) is 4.18. The fourth-order valence-electron chi connectivity index (χ4n) is 3.52. The number of halogens is 1. The van der Waals surface area contributed by atoms with Crippen molar-refractivity contribution in [1.29, 1.82) is 0 Å². The Kier molecular flexibility index (Phi) is 4.80. The Balaban J connectivity index is 1.27. The number of ether oxygens (including phenoxy) is 2. The van der Waals surface area contributed by atoms with Gasteiger partial charge in [0, 0.05) is 40.7 Å². The minimum absolute atomic E-state index is 0.107. The normalized spacial score (nSPS) is 17.4. The highest BCUT2D eigenvalue weighted by Crippen LogP contribution is 2.37. The van der Waals surface area contributed by atoms with Crippen molar-refractivity contribution in [3.05, 3.63) is 52.9 Å². The molecule has 0 bridgehead atoms. The van der Waals surface area contributed by atoms with Gasteiger partial charge in [-0.2, -0.15) is 0 Å². The molecule has 7 nitrogen and oxygen atoms in total. The highest BCUT2D eigenvalue weighted by atomic mass is 35.5. The SMILES string of the molecule is O=C(Nc1nc(-c2ccccc2Cl)cs1)[C@@H]1CC(=O)N(c2ccc3c(c2)OCO3)C1. The molecule has 1 saturated heterocycles. The minimum Gasteiger partial charge on any atom is -0.454 e. The molecule has 1 fully saturated rings. The number of nitrogens with one attached hydrogen (secondary N) is 1. The monoisotopic (exact) mass is 441 g/mol. The molecule has 0 unspecified atom stereocenters. The number of aromatic nitrogens is 1. The number of thiazole rings is 1. The standard InChI is InChI=1S/C21H16ClN3O4S/c22-15-4-2-1-3-14(15)16-10-30-21(23-16)24-20(27)12-7-19(26)25(9-12)13-5-6-17-18(8-13)29-11-28-17/h1-6,8,10,12H,7,9,11H2,(H,23,24,27)/t12-/m1/s1. The van der Waals surface area contributed by atoms with Gasteiger partial charge in [0.05, 0.1) is 11.6 Å². The summed E-state index contributed by atoms with van der Waals surface area (Å²) in [5.74, 6) is 0.452. The van der Waals surface area contributed by atoms with Crippen molar-refractivity contribution in [3.63, 3.8) is 0 Å². The Morgan fingerprint density at radius 3 is 2.90 bits per heavy atom. The number of hydrogen-bond acceptors (Lipinski definition) is 6. The fourth-order valence-corrected chi connectivity index (χ4v) is 4.46. The average molecular weight is 442 g/mol. The van der Waals surface area contributed by atoms with Crippen molar-refractivity contribution in [2.45, 2.75) is 6.42 Å². The number of fused-ring (bicyclic) bond motifs is 1. The van der Waals surface area contributed by atoms with Crippen molar-refractivity contribution in [2.75, 3.05) is 23.6 Å². The third kappa shape index (κ3) is 3.48. The predicted molar refractivity (Wildman–Crippen MR) is 114 cm³/mol. The van der Waals surface area contributed by atoms with Crippen LogP contribution in [-0.2, 0) is 9.59 Å². The van der Waals surface area contributed by atoms with Gasteiger partial charge in [-0.05, 0) is 18.2 Å². The van der Waals surface area contributed by atoms with Crippen LogP contribution < -0.4 is 19.7 Å². The van der Waals surface area contributed by atoms with E-state index in [1.165, 1.54) is 11.3 Å². The molecule has 0 saturated carbocycles. The zero-order valence-electron chi connectivity index (χ0n) is 15.6. The van der Waals surface area contributed by atoms with Gasteiger partial charge in [0.2, 0.25) is 18.6 Å². The summed E-state index contributed by atoms with van der Waals surface area (Å²) in [6.07, 6.45) is 0.142. The molecule has 3 aromatic rings. The van der Waals surface area contributed by atoms with E-state index in [0.29, 0.717) is 39.6 Å². The minimum atomic E-state index is -0.462. The number of carbonyl (C=O) groups excluding carboxylic acids is 2. The van der Waals surface area contributed by atoms with Crippen LogP contribution in [0, 0.1) is 5.92 Å². The number of nitrogens with zero attached hydrogens (tertiary/aromatic N) is 2. The maximum absolute atomic E-state index is 12.7. The zero-order valence-corrected chi connectivity index (χ0v) is 17.2. The van der Waals surface area contributed by atoms with E-state index in [2.05, 4.69) is 10.3 Å². The first-order valence-electron chi connectivity index (χ1n) is 9.30. The first kappa shape index (κ1) is 18.9. The Labute approximate surface area is 181 Å². The third-order valence-electron chi connectivity index (χ3n) is 5.05. The van der Waals surface area contributed by atoms with Crippen molar-refractivity contribution < 1.29 is 19.1 Å². The molecule has 9 heteroatoms. The smallest absolute Gasteiger partial charge is 0.231 e. The summed E-state index contributed by atoms with van der Waals surface area (Å²) in [5.41, 5.74) is 2.20. The van der Waals surface area contributed by atoms with E-state index in [4.69, 9.17) is 21.1 Å².